The van der Waals surface area contributed by atoms with Crippen molar-refractivity contribution in [3.8, 4) is 0 Å². The molecule has 0 aromatic rings. The molecule has 76 valence electrons. The molecule has 0 radical (unpaired) electrons. The highest BCUT2D eigenvalue weighted by atomic mass is 16.5. The van der Waals surface area contributed by atoms with Crippen LogP contribution in [0.25, 0.3) is 0 Å². The van der Waals surface area contributed by atoms with E-state index in [-0.39, 0.29) is 6.42 Å². The van der Waals surface area contributed by atoms with E-state index in [0.717, 1.165) is 0 Å². The zero-order valence-corrected chi connectivity index (χ0v) is 7.52. The summed E-state index contributed by atoms with van der Waals surface area (Å²) in [4.78, 5) is 20.5. The van der Waals surface area contributed by atoms with Crippen molar-refractivity contribution in [3.63, 3.8) is 0 Å². The van der Waals surface area contributed by atoms with E-state index in [1.807, 2.05) is 0 Å². The normalized spacial score (nSPS) is 12.4. The molecule has 0 aliphatic rings. The van der Waals surface area contributed by atoms with Gasteiger partial charge in [0, 0.05) is 13.5 Å². The molecule has 0 fully saturated rings. The van der Waals surface area contributed by atoms with Gasteiger partial charge in [-0.2, -0.15) is 0 Å². The summed E-state index contributed by atoms with van der Waals surface area (Å²) >= 11 is 0. The third-order valence-corrected chi connectivity index (χ3v) is 1.67. The molecule has 0 bridgehead atoms. The Morgan fingerprint density at radius 1 is 1.31 bits per heavy atom. The lowest BCUT2D eigenvalue weighted by molar-refractivity contribution is -0.148. The minimum atomic E-state index is -1.00. The lowest BCUT2D eigenvalue weighted by atomic mass is 10.1. The van der Waals surface area contributed by atoms with E-state index in [2.05, 4.69) is 4.74 Å². The molecule has 0 rings (SSSR count). The SMILES string of the molecule is COC(CCCCC(=O)O)C(=O)O. The number of hydrogen-bond donors (Lipinski definition) is 2. The number of rotatable bonds is 7. The summed E-state index contributed by atoms with van der Waals surface area (Å²) in [6.45, 7) is 0. The fourth-order valence-corrected chi connectivity index (χ4v) is 0.948. The molecule has 0 aliphatic carbocycles. The number of unbranched alkanes of at least 4 members (excludes halogenated alkanes) is 1. The molecule has 0 aromatic heterocycles. The van der Waals surface area contributed by atoms with E-state index in [0.29, 0.717) is 19.3 Å². The highest BCUT2D eigenvalue weighted by Crippen LogP contribution is 2.06. The summed E-state index contributed by atoms with van der Waals surface area (Å²) in [6, 6.07) is 0. The van der Waals surface area contributed by atoms with E-state index in [1.165, 1.54) is 7.11 Å². The first-order chi connectivity index (χ1) is 6.07. The Bertz CT molecular complexity index is 177. The number of carbonyl (C=O) groups is 2. The Morgan fingerprint density at radius 3 is 2.31 bits per heavy atom. The third kappa shape index (κ3) is 6.10. The Kier molecular flexibility index (Phi) is 5.88. The van der Waals surface area contributed by atoms with Gasteiger partial charge in [-0.05, 0) is 19.3 Å². The predicted molar refractivity (Wildman–Crippen MR) is 44.5 cm³/mol. The van der Waals surface area contributed by atoms with Crippen LogP contribution in [0.5, 0.6) is 0 Å². The molecule has 0 saturated heterocycles. The van der Waals surface area contributed by atoms with Crippen molar-refractivity contribution in [1.82, 2.24) is 0 Å². The molecular weight excluding hydrogens is 176 g/mol. The van der Waals surface area contributed by atoms with Gasteiger partial charge in [-0.15, -0.1) is 0 Å². The second-order valence-electron chi connectivity index (χ2n) is 2.70. The molecule has 0 aromatic carbocycles. The van der Waals surface area contributed by atoms with Crippen molar-refractivity contribution in [2.24, 2.45) is 0 Å². The predicted octanol–water partition coefficient (Wildman–Crippen LogP) is 0.731. The van der Waals surface area contributed by atoms with Crippen molar-refractivity contribution in [1.29, 1.82) is 0 Å². The maximum Gasteiger partial charge on any atom is 0.332 e. The number of aliphatic carboxylic acids is 2. The number of carboxylic acids is 2. The van der Waals surface area contributed by atoms with E-state index in [1.54, 1.807) is 0 Å². The topological polar surface area (TPSA) is 83.8 Å². The van der Waals surface area contributed by atoms with Crippen molar-refractivity contribution in [2.45, 2.75) is 31.8 Å². The van der Waals surface area contributed by atoms with Crippen molar-refractivity contribution >= 4 is 11.9 Å². The van der Waals surface area contributed by atoms with Gasteiger partial charge in [-0.3, -0.25) is 4.79 Å². The highest BCUT2D eigenvalue weighted by Gasteiger charge is 2.15. The van der Waals surface area contributed by atoms with Gasteiger partial charge in [0.15, 0.2) is 6.10 Å². The van der Waals surface area contributed by atoms with Crippen LogP contribution in [-0.4, -0.2) is 35.4 Å². The zero-order valence-electron chi connectivity index (χ0n) is 7.52. The molecular formula is C8H14O5. The number of ether oxygens (including phenoxy) is 1. The molecule has 0 aliphatic heterocycles. The maximum atomic E-state index is 10.4. The maximum absolute atomic E-state index is 10.4. The molecule has 0 amide bonds. The van der Waals surface area contributed by atoms with E-state index in [4.69, 9.17) is 10.2 Å². The quantitative estimate of drug-likeness (QED) is 0.578. The van der Waals surface area contributed by atoms with Gasteiger partial charge >= 0.3 is 11.9 Å². The average Bonchev–Trinajstić information content (AvgIpc) is 2.03. The fourth-order valence-electron chi connectivity index (χ4n) is 0.948. The largest absolute Gasteiger partial charge is 0.481 e. The van der Waals surface area contributed by atoms with Crippen LogP contribution in [0.3, 0.4) is 0 Å². The highest BCUT2D eigenvalue weighted by molar-refractivity contribution is 5.72. The first kappa shape index (κ1) is 11.9. The molecule has 2 N–H and O–H groups in total. The Labute approximate surface area is 76.3 Å². The molecule has 1 unspecified atom stereocenters. The van der Waals surface area contributed by atoms with Crippen LogP contribution >= 0.6 is 0 Å². The summed E-state index contributed by atoms with van der Waals surface area (Å²) in [5, 5.41) is 16.8. The molecule has 13 heavy (non-hydrogen) atoms. The van der Waals surface area contributed by atoms with Gasteiger partial charge in [0.25, 0.3) is 0 Å². The lowest BCUT2D eigenvalue weighted by Gasteiger charge is -2.08. The second-order valence-corrected chi connectivity index (χ2v) is 2.70. The molecule has 1 atom stereocenters. The number of methoxy groups -OCH3 is 1. The summed E-state index contributed by atoms with van der Waals surface area (Å²) < 4.78 is 4.67. The van der Waals surface area contributed by atoms with Gasteiger partial charge in [0.1, 0.15) is 0 Å². The molecule has 5 heteroatoms. The Hall–Kier alpha value is -1.10. The van der Waals surface area contributed by atoms with E-state index >= 15 is 0 Å². The van der Waals surface area contributed by atoms with Crippen LogP contribution in [0.4, 0.5) is 0 Å². The van der Waals surface area contributed by atoms with Crippen LogP contribution in [0.15, 0.2) is 0 Å². The molecule has 5 nitrogen and oxygen atoms in total. The first-order valence-corrected chi connectivity index (χ1v) is 4.05. The molecule has 0 saturated carbocycles. The van der Waals surface area contributed by atoms with Crippen LogP contribution in [0.2, 0.25) is 0 Å². The number of hydrogen-bond acceptors (Lipinski definition) is 3. The van der Waals surface area contributed by atoms with E-state index in [9.17, 15) is 9.59 Å². The van der Waals surface area contributed by atoms with Gasteiger partial charge in [-0.25, -0.2) is 4.79 Å². The van der Waals surface area contributed by atoms with Gasteiger partial charge < -0.3 is 14.9 Å². The smallest absolute Gasteiger partial charge is 0.332 e. The van der Waals surface area contributed by atoms with E-state index < -0.39 is 18.0 Å². The Balaban J connectivity index is 3.50. The monoisotopic (exact) mass is 190 g/mol. The van der Waals surface area contributed by atoms with Crippen molar-refractivity contribution < 1.29 is 24.5 Å². The molecule has 0 spiro atoms. The van der Waals surface area contributed by atoms with Crippen molar-refractivity contribution in [3.05, 3.63) is 0 Å². The second kappa shape index (κ2) is 6.42. The van der Waals surface area contributed by atoms with Crippen LogP contribution in [-0.2, 0) is 14.3 Å². The van der Waals surface area contributed by atoms with Crippen LogP contribution in [0, 0.1) is 0 Å². The average molecular weight is 190 g/mol. The van der Waals surface area contributed by atoms with Crippen LogP contribution in [0.1, 0.15) is 25.7 Å². The summed E-state index contributed by atoms with van der Waals surface area (Å²) in [6.07, 6.45) is 0.670. The minimum absolute atomic E-state index is 0.0794. The summed E-state index contributed by atoms with van der Waals surface area (Å²) in [5.74, 6) is -1.86. The Morgan fingerprint density at radius 2 is 1.92 bits per heavy atom. The zero-order chi connectivity index (χ0) is 10.3. The first-order valence-electron chi connectivity index (χ1n) is 4.05. The fraction of sp³-hybridized carbons (Fsp3) is 0.750. The van der Waals surface area contributed by atoms with Crippen LogP contribution < -0.4 is 0 Å². The van der Waals surface area contributed by atoms with Gasteiger partial charge in [-0.1, -0.05) is 0 Å². The standard InChI is InChI=1S/C8H14O5/c1-13-6(8(11)12)4-2-3-5-7(9)10/h6H,2-5H2,1H3,(H,9,10)(H,11,12). The van der Waals surface area contributed by atoms with Gasteiger partial charge in [0.2, 0.25) is 0 Å². The summed E-state index contributed by atoms with van der Waals surface area (Å²) in [5.41, 5.74) is 0. The summed E-state index contributed by atoms with van der Waals surface area (Å²) in [7, 11) is 1.33. The minimum Gasteiger partial charge on any atom is -0.481 e. The molecule has 0 heterocycles. The third-order valence-electron chi connectivity index (χ3n) is 1.67. The lowest BCUT2D eigenvalue weighted by Crippen LogP contribution is -2.22. The number of carboxylic acid groups (broad SMARTS) is 2. The van der Waals surface area contributed by atoms with Gasteiger partial charge in [0.05, 0.1) is 0 Å². The van der Waals surface area contributed by atoms with Crippen molar-refractivity contribution in [2.75, 3.05) is 7.11 Å².